The van der Waals surface area contributed by atoms with Gasteiger partial charge < -0.3 is 10.6 Å². The second-order valence-electron chi connectivity index (χ2n) is 4.72. The van der Waals surface area contributed by atoms with Crippen molar-refractivity contribution in [2.24, 2.45) is 10.7 Å². The minimum absolute atomic E-state index is 0.147. The van der Waals surface area contributed by atoms with Crippen LogP contribution in [0, 0.1) is 0 Å². The lowest BCUT2D eigenvalue weighted by Gasteiger charge is -2.24. The summed E-state index contributed by atoms with van der Waals surface area (Å²) in [5.74, 6) is 0.571. The number of aliphatic imine (C=N–C) groups is 1. The molecule has 0 heterocycles. The molecule has 1 rings (SSSR count). The van der Waals surface area contributed by atoms with Crippen LogP contribution in [-0.2, 0) is 0 Å². The van der Waals surface area contributed by atoms with Crippen LogP contribution in [0.4, 0.5) is 5.69 Å². The Kier molecular flexibility index (Phi) is 3.93. The van der Waals surface area contributed by atoms with E-state index in [1.165, 1.54) is 0 Å². The van der Waals surface area contributed by atoms with E-state index in [1.807, 2.05) is 56.0 Å². The molecule has 0 radical (unpaired) electrons. The number of hydrogen-bond acceptors (Lipinski definition) is 1. The molecule has 0 aliphatic heterocycles. The van der Waals surface area contributed by atoms with Crippen LogP contribution in [0.25, 0.3) is 0 Å². The Morgan fingerprint density at radius 2 is 1.81 bits per heavy atom. The van der Waals surface area contributed by atoms with Crippen molar-refractivity contribution in [3.05, 3.63) is 30.3 Å². The van der Waals surface area contributed by atoms with Gasteiger partial charge in [0.15, 0.2) is 5.96 Å². The van der Waals surface area contributed by atoms with Gasteiger partial charge in [0.2, 0.25) is 0 Å². The first-order valence-electron chi connectivity index (χ1n) is 5.62. The fraction of sp³-hybridized carbons (Fsp3) is 0.462. The molecule has 1 aromatic carbocycles. The quantitative estimate of drug-likeness (QED) is 0.613. The zero-order valence-corrected chi connectivity index (χ0v) is 10.6. The van der Waals surface area contributed by atoms with Crippen LogP contribution in [0.15, 0.2) is 35.3 Å². The molecule has 0 atom stereocenters. The topological polar surface area (TPSA) is 41.6 Å². The monoisotopic (exact) mass is 219 g/mol. The molecule has 0 saturated heterocycles. The molecule has 0 amide bonds. The lowest BCUT2D eigenvalue weighted by Crippen LogP contribution is -2.39. The van der Waals surface area contributed by atoms with Crippen LogP contribution in [0.3, 0.4) is 0 Å². The van der Waals surface area contributed by atoms with Gasteiger partial charge in [-0.25, -0.2) is 4.99 Å². The standard InChI is InChI=1S/C13H21N3/c1-5-16(11-9-7-6-8-10-11)12(14)15-13(2,3)4/h6-10H,5H2,1-4H3,(H2,14,15). The molecule has 0 unspecified atom stereocenters. The Hall–Kier alpha value is -1.51. The van der Waals surface area contributed by atoms with Crippen molar-refractivity contribution in [1.29, 1.82) is 0 Å². The predicted octanol–water partition coefficient (Wildman–Crippen LogP) is 2.63. The summed E-state index contributed by atoms with van der Waals surface area (Å²) in [6, 6.07) is 10.1. The van der Waals surface area contributed by atoms with Gasteiger partial charge in [0, 0.05) is 12.2 Å². The highest BCUT2D eigenvalue weighted by Crippen LogP contribution is 2.14. The SMILES string of the molecule is CCN(C(N)=NC(C)(C)C)c1ccccc1. The first-order chi connectivity index (χ1) is 7.44. The first-order valence-corrected chi connectivity index (χ1v) is 5.62. The summed E-state index contributed by atoms with van der Waals surface area (Å²) in [5.41, 5.74) is 6.96. The number of guanidine groups is 1. The van der Waals surface area contributed by atoms with E-state index in [0.717, 1.165) is 12.2 Å². The third-order valence-electron chi connectivity index (χ3n) is 2.11. The second kappa shape index (κ2) is 5.01. The molecule has 2 N–H and O–H groups in total. The number of para-hydroxylation sites is 1. The van der Waals surface area contributed by atoms with Gasteiger partial charge >= 0.3 is 0 Å². The number of nitrogens with zero attached hydrogens (tertiary/aromatic N) is 2. The van der Waals surface area contributed by atoms with Gasteiger partial charge in [0.05, 0.1) is 5.54 Å². The zero-order chi connectivity index (χ0) is 12.2. The van der Waals surface area contributed by atoms with E-state index in [0.29, 0.717) is 5.96 Å². The minimum Gasteiger partial charge on any atom is -0.369 e. The molecule has 0 aromatic heterocycles. The molecule has 16 heavy (non-hydrogen) atoms. The van der Waals surface area contributed by atoms with Crippen molar-refractivity contribution >= 4 is 11.6 Å². The predicted molar refractivity (Wildman–Crippen MR) is 70.8 cm³/mol. The van der Waals surface area contributed by atoms with Crippen molar-refractivity contribution in [3.8, 4) is 0 Å². The maximum absolute atomic E-state index is 6.02. The average Bonchev–Trinajstić information content (AvgIpc) is 2.17. The summed E-state index contributed by atoms with van der Waals surface area (Å²) < 4.78 is 0. The fourth-order valence-corrected chi connectivity index (χ4v) is 1.49. The number of anilines is 1. The Balaban J connectivity index is 2.96. The summed E-state index contributed by atoms with van der Waals surface area (Å²) in [6.45, 7) is 9.00. The molecular formula is C13H21N3. The van der Waals surface area contributed by atoms with Gasteiger partial charge in [-0.05, 0) is 39.8 Å². The fourth-order valence-electron chi connectivity index (χ4n) is 1.49. The van der Waals surface area contributed by atoms with Crippen molar-refractivity contribution in [2.45, 2.75) is 33.2 Å². The molecule has 88 valence electrons. The van der Waals surface area contributed by atoms with E-state index >= 15 is 0 Å². The Labute approximate surface area is 98.0 Å². The van der Waals surface area contributed by atoms with E-state index in [4.69, 9.17) is 5.73 Å². The normalized spacial score (nSPS) is 12.6. The highest BCUT2D eigenvalue weighted by molar-refractivity contribution is 5.94. The van der Waals surface area contributed by atoms with Crippen LogP contribution in [0.2, 0.25) is 0 Å². The zero-order valence-electron chi connectivity index (χ0n) is 10.6. The largest absolute Gasteiger partial charge is 0.369 e. The van der Waals surface area contributed by atoms with Crippen LogP contribution in [0.1, 0.15) is 27.7 Å². The number of nitrogens with two attached hydrogens (primary N) is 1. The number of hydrogen-bond donors (Lipinski definition) is 1. The lowest BCUT2D eigenvalue weighted by atomic mass is 10.1. The maximum atomic E-state index is 6.02. The first kappa shape index (κ1) is 12.6. The number of rotatable bonds is 2. The van der Waals surface area contributed by atoms with Gasteiger partial charge in [-0.15, -0.1) is 0 Å². The van der Waals surface area contributed by atoms with Gasteiger partial charge in [-0.1, -0.05) is 18.2 Å². The average molecular weight is 219 g/mol. The van der Waals surface area contributed by atoms with Gasteiger partial charge in [-0.3, -0.25) is 0 Å². The Bertz CT molecular complexity index is 349. The molecule has 1 aromatic rings. The molecule has 3 nitrogen and oxygen atoms in total. The second-order valence-corrected chi connectivity index (χ2v) is 4.72. The van der Waals surface area contributed by atoms with Crippen LogP contribution < -0.4 is 10.6 Å². The summed E-state index contributed by atoms with van der Waals surface area (Å²) in [4.78, 5) is 6.48. The minimum atomic E-state index is -0.147. The number of benzene rings is 1. The van der Waals surface area contributed by atoms with Crippen LogP contribution in [0.5, 0.6) is 0 Å². The molecule has 0 saturated carbocycles. The van der Waals surface area contributed by atoms with E-state index in [2.05, 4.69) is 11.9 Å². The van der Waals surface area contributed by atoms with E-state index in [-0.39, 0.29) is 5.54 Å². The molecule has 0 aliphatic rings. The summed E-state index contributed by atoms with van der Waals surface area (Å²) in [5, 5.41) is 0. The highest BCUT2D eigenvalue weighted by atomic mass is 15.3. The van der Waals surface area contributed by atoms with E-state index in [9.17, 15) is 0 Å². The smallest absolute Gasteiger partial charge is 0.196 e. The molecule has 3 heteroatoms. The third kappa shape index (κ3) is 3.57. The van der Waals surface area contributed by atoms with Crippen molar-refractivity contribution in [3.63, 3.8) is 0 Å². The van der Waals surface area contributed by atoms with Crippen molar-refractivity contribution in [2.75, 3.05) is 11.4 Å². The Morgan fingerprint density at radius 3 is 2.25 bits per heavy atom. The molecule has 0 aliphatic carbocycles. The highest BCUT2D eigenvalue weighted by Gasteiger charge is 2.13. The van der Waals surface area contributed by atoms with Crippen molar-refractivity contribution < 1.29 is 0 Å². The summed E-state index contributed by atoms with van der Waals surface area (Å²) in [6.07, 6.45) is 0. The third-order valence-corrected chi connectivity index (χ3v) is 2.11. The van der Waals surface area contributed by atoms with Gasteiger partial charge in [0.1, 0.15) is 0 Å². The van der Waals surface area contributed by atoms with Crippen LogP contribution >= 0.6 is 0 Å². The lowest BCUT2D eigenvalue weighted by molar-refractivity contribution is 0.580. The van der Waals surface area contributed by atoms with E-state index < -0.39 is 0 Å². The summed E-state index contributed by atoms with van der Waals surface area (Å²) in [7, 11) is 0. The molecule has 0 spiro atoms. The molecular weight excluding hydrogens is 198 g/mol. The van der Waals surface area contributed by atoms with E-state index in [1.54, 1.807) is 0 Å². The van der Waals surface area contributed by atoms with Gasteiger partial charge in [0.25, 0.3) is 0 Å². The maximum Gasteiger partial charge on any atom is 0.196 e. The molecule has 0 bridgehead atoms. The Morgan fingerprint density at radius 1 is 1.25 bits per heavy atom. The summed E-state index contributed by atoms with van der Waals surface area (Å²) >= 11 is 0. The van der Waals surface area contributed by atoms with Crippen molar-refractivity contribution in [1.82, 2.24) is 0 Å². The van der Waals surface area contributed by atoms with Gasteiger partial charge in [-0.2, -0.15) is 0 Å². The molecule has 0 fully saturated rings. The van der Waals surface area contributed by atoms with Crippen LogP contribution in [-0.4, -0.2) is 18.0 Å².